The van der Waals surface area contributed by atoms with Crippen LogP contribution in [0.15, 0.2) is 11.6 Å². The number of aliphatic hydroxyl groups is 1. The molecular weight excluding hydrogens is 360 g/mol. The van der Waals surface area contributed by atoms with E-state index in [1.165, 1.54) is 6.08 Å². The number of hydrogen-bond donors (Lipinski definition) is 2. The third kappa shape index (κ3) is 3.19. The van der Waals surface area contributed by atoms with Crippen molar-refractivity contribution < 1.29 is 34.0 Å². The van der Waals surface area contributed by atoms with E-state index >= 15 is 0 Å². The fourth-order valence-corrected chi connectivity index (χ4v) is 3.04. The van der Waals surface area contributed by atoms with E-state index in [2.05, 4.69) is 15.9 Å². The molecule has 8 heteroatoms. The predicted molar refractivity (Wildman–Crippen MR) is 78.4 cm³/mol. The van der Waals surface area contributed by atoms with Gasteiger partial charge in [-0.3, -0.25) is 0 Å². The second kappa shape index (κ2) is 6.66. The minimum Gasteiger partial charge on any atom is -0.478 e. The van der Waals surface area contributed by atoms with Crippen molar-refractivity contribution in [3.63, 3.8) is 0 Å². The Morgan fingerprint density at radius 3 is 2.77 bits per heavy atom. The molecule has 1 aliphatic heterocycles. The molecule has 0 aromatic carbocycles. The van der Waals surface area contributed by atoms with Crippen LogP contribution in [0.2, 0.25) is 0 Å². The molecule has 4 atom stereocenters. The number of aliphatic carboxylic acids is 1. The molecule has 124 valence electrons. The second-order valence-electron chi connectivity index (χ2n) is 5.65. The van der Waals surface area contributed by atoms with Crippen molar-refractivity contribution in [3.8, 4) is 0 Å². The summed E-state index contributed by atoms with van der Waals surface area (Å²) >= 11 is 3.22. The molecule has 0 aromatic rings. The molecule has 0 aromatic heterocycles. The highest BCUT2D eigenvalue weighted by atomic mass is 79.9. The number of alkyl halides is 1. The monoisotopic (exact) mass is 378 g/mol. The van der Waals surface area contributed by atoms with Crippen LogP contribution in [0.1, 0.15) is 20.3 Å². The molecular formula is C14H19BrO7. The van der Waals surface area contributed by atoms with Crippen LogP contribution in [0, 0.1) is 5.92 Å². The topological polar surface area (TPSA) is 102 Å². The Kier molecular flexibility index (Phi) is 5.26. The number of rotatable bonds is 4. The van der Waals surface area contributed by atoms with E-state index in [1.807, 2.05) is 0 Å². The molecule has 1 fully saturated rings. The van der Waals surface area contributed by atoms with E-state index in [0.29, 0.717) is 5.33 Å². The summed E-state index contributed by atoms with van der Waals surface area (Å²) in [4.78, 5) is 23.9. The van der Waals surface area contributed by atoms with Crippen molar-refractivity contribution in [2.45, 2.75) is 44.4 Å². The van der Waals surface area contributed by atoms with E-state index in [0.717, 1.165) is 0 Å². The summed E-state index contributed by atoms with van der Waals surface area (Å²) in [6.07, 6.45) is -1.18. The van der Waals surface area contributed by atoms with E-state index in [4.69, 9.17) is 14.2 Å². The van der Waals surface area contributed by atoms with Crippen molar-refractivity contribution in [1.29, 1.82) is 0 Å². The Labute approximate surface area is 136 Å². The van der Waals surface area contributed by atoms with Gasteiger partial charge in [0.1, 0.15) is 0 Å². The first-order valence-electron chi connectivity index (χ1n) is 6.98. The van der Waals surface area contributed by atoms with Crippen molar-refractivity contribution in [1.82, 2.24) is 0 Å². The summed E-state index contributed by atoms with van der Waals surface area (Å²) in [5, 5.41) is 19.7. The standard InChI is InChI=1S/C14H19BrO7/c1-7(2)21-13(19)14-4-8(12(17)18)3-10(16)9(14)6-20-11(5-15)22-14/h3,7,9-11,16H,4-6H2,1-2H3,(H,17,18)/t9-,10+,11-,14+/m1/s1. The van der Waals surface area contributed by atoms with Gasteiger partial charge in [0.15, 0.2) is 11.9 Å². The van der Waals surface area contributed by atoms with Gasteiger partial charge in [0.05, 0.1) is 30.1 Å². The number of carbonyl (C=O) groups is 2. The molecule has 0 radical (unpaired) electrons. The first-order chi connectivity index (χ1) is 10.3. The lowest BCUT2D eigenvalue weighted by Gasteiger charge is -2.47. The number of carbonyl (C=O) groups excluding carboxylic acids is 1. The lowest BCUT2D eigenvalue weighted by Crippen LogP contribution is -2.62. The zero-order valence-electron chi connectivity index (χ0n) is 12.3. The summed E-state index contributed by atoms with van der Waals surface area (Å²) < 4.78 is 16.4. The van der Waals surface area contributed by atoms with Crippen LogP contribution in [0.4, 0.5) is 0 Å². The van der Waals surface area contributed by atoms with Gasteiger partial charge in [-0.2, -0.15) is 0 Å². The molecule has 2 rings (SSSR count). The third-order valence-electron chi connectivity index (χ3n) is 3.73. The fraction of sp³-hybridized carbons (Fsp3) is 0.714. The van der Waals surface area contributed by atoms with Gasteiger partial charge in [-0.05, 0) is 19.9 Å². The van der Waals surface area contributed by atoms with Gasteiger partial charge in [0.2, 0.25) is 0 Å². The first kappa shape index (κ1) is 17.4. The van der Waals surface area contributed by atoms with Crippen molar-refractivity contribution in [2.24, 2.45) is 5.92 Å². The van der Waals surface area contributed by atoms with E-state index in [-0.39, 0.29) is 24.7 Å². The lowest BCUT2D eigenvalue weighted by atomic mass is 9.73. The summed E-state index contributed by atoms with van der Waals surface area (Å²) in [6, 6.07) is 0. The number of carboxylic acid groups (broad SMARTS) is 1. The Morgan fingerprint density at radius 2 is 2.23 bits per heavy atom. The summed E-state index contributed by atoms with van der Waals surface area (Å²) in [5.74, 6) is -2.58. The highest BCUT2D eigenvalue weighted by Gasteiger charge is 2.58. The van der Waals surface area contributed by atoms with Crippen molar-refractivity contribution in [2.75, 3.05) is 11.9 Å². The maximum absolute atomic E-state index is 12.6. The van der Waals surface area contributed by atoms with E-state index < -0.39 is 35.9 Å². The molecule has 22 heavy (non-hydrogen) atoms. The average molecular weight is 379 g/mol. The zero-order valence-corrected chi connectivity index (χ0v) is 13.9. The van der Waals surface area contributed by atoms with Crippen LogP contribution in [0.5, 0.6) is 0 Å². The normalized spacial score (nSPS) is 34.8. The number of ether oxygens (including phenoxy) is 3. The van der Waals surface area contributed by atoms with Gasteiger partial charge < -0.3 is 24.4 Å². The SMILES string of the molecule is CC(C)OC(=O)[C@]12CC(C(=O)O)=C[C@H](O)[C@H]1CO[C@@H](CBr)O2. The quantitative estimate of drug-likeness (QED) is 0.551. The van der Waals surface area contributed by atoms with E-state index in [1.54, 1.807) is 13.8 Å². The summed E-state index contributed by atoms with van der Waals surface area (Å²) in [7, 11) is 0. The number of fused-ring (bicyclic) bond motifs is 1. The van der Waals surface area contributed by atoms with Crippen LogP contribution in [0.25, 0.3) is 0 Å². The number of hydrogen-bond acceptors (Lipinski definition) is 6. The molecule has 1 heterocycles. The van der Waals surface area contributed by atoms with Crippen LogP contribution in [-0.2, 0) is 23.8 Å². The molecule has 2 N–H and O–H groups in total. The Hall–Kier alpha value is -0.960. The number of aliphatic hydroxyl groups excluding tert-OH is 1. The number of carboxylic acids is 1. The van der Waals surface area contributed by atoms with Gasteiger partial charge in [-0.25, -0.2) is 9.59 Å². The van der Waals surface area contributed by atoms with Crippen LogP contribution in [0.3, 0.4) is 0 Å². The minimum absolute atomic E-state index is 0.0697. The second-order valence-corrected chi connectivity index (χ2v) is 6.30. The minimum atomic E-state index is -1.55. The Balaban J connectivity index is 2.41. The molecule has 0 saturated carbocycles. The van der Waals surface area contributed by atoms with Gasteiger partial charge in [-0.15, -0.1) is 0 Å². The average Bonchev–Trinajstić information content (AvgIpc) is 2.45. The molecule has 1 aliphatic carbocycles. The van der Waals surface area contributed by atoms with Gasteiger partial charge >= 0.3 is 11.9 Å². The lowest BCUT2D eigenvalue weighted by molar-refractivity contribution is -0.285. The number of halogens is 1. The van der Waals surface area contributed by atoms with Crippen LogP contribution in [-0.4, -0.2) is 58.2 Å². The summed E-state index contributed by atoms with van der Waals surface area (Å²) in [6.45, 7) is 3.46. The molecule has 0 unspecified atom stereocenters. The van der Waals surface area contributed by atoms with Crippen molar-refractivity contribution >= 4 is 27.9 Å². The zero-order chi connectivity index (χ0) is 16.5. The predicted octanol–water partition coefficient (Wildman–Crippen LogP) is 0.836. The smallest absolute Gasteiger partial charge is 0.339 e. The fourth-order valence-electron chi connectivity index (χ4n) is 2.72. The van der Waals surface area contributed by atoms with Gasteiger partial charge in [0.25, 0.3) is 0 Å². The highest BCUT2D eigenvalue weighted by Crippen LogP contribution is 2.42. The maximum atomic E-state index is 12.6. The maximum Gasteiger partial charge on any atom is 0.339 e. The molecule has 7 nitrogen and oxygen atoms in total. The molecule has 1 saturated heterocycles. The first-order valence-corrected chi connectivity index (χ1v) is 8.11. The number of esters is 1. The van der Waals surface area contributed by atoms with Crippen molar-refractivity contribution in [3.05, 3.63) is 11.6 Å². The molecule has 0 bridgehead atoms. The van der Waals surface area contributed by atoms with Gasteiger partial charge in [-0.1, -0.05) is 15.9 Å². The van der Waals surface area contributed by atoms with Gasteiger partial charge in [0, 0.05) is 12.0 Å². The summed E-state index contributed by atoms with van der Waals surface area (Å²) in [5.41, 5.74) is -1.62. The molecule has 0 amide bonds. The molecule has 2 aliphatic rings. The Morgan fingerprint density at radius 1 is 1.55 bits per heavy atom. The van der Waals surface area contributed by atoms with Crippen LogP contribution >= 0.6 is 15.9 Å². The highest BCUT2D eigenvalue weighted by molar-refractivity contribution is 9.09. The largest absolute Gasteiger partial charge is 0.478 e. The third-order valence-corrected chi connectivity index (χ3v) is 4.26. The van der Waals surface area contributed by atoms with E-state index in [9.17, 15) is 19.8 Å². The molecule has 0 spiro atoms. The van der Waals surface area contributed by atoms with Crippen LogP contribution < -0.4 is 0 Å². The Bertz CT molecular complexity index is 490.